The number of hydrogen-bond donors (Lipinski definition) is 1. The molecule has 0 saturated carbocycles. The van der Waals surface area contributed by atoms with Crippen molar-refractivity contribution in [3.63, 3.8) is 0 Å². The van der Waals surface area contributed by atoms with Gasteiger partial charge in [0.1, 0.15) is 0 Å². The molecule has 1 aliphatic heterocycles. The van der Waals surface area contributed by atoms with Gasteiger partial charge in [0.15, 0.2) is 0 Å². The quantitative estimate of drug-likeness (QED) is 0.925. The van der Waals surface area contributed by atoms with E-state index in [0.29, 0.717) is 11.9 Å². The molecule has 2 aromatic heterocycles. The van der Waals surface area contributed by atoms with E-state index in [9.17, 15) is 4.79 Å². The van der Waals surface area contributed by atoms with E-state index in [1.165, 1.54) is 4.88 Å². The van der Waals surface area contributed by atoms with E-state index in [1.807, 2.05) is 30.0 Å². The van der Waals surface area contributed by atoms with Gasteiger partial charge in [0, 0.05) is 35.8 Å². The van der Waals surface area contributed by atoms with Crippen molar-refractivity contribution in [3.05, 3.63) is 39.8 Å². The number of anilines is 1. The molecular formula is C15H18N4OS. The molecule has 0 bridgehead atoms. The predicted octanol–water partition coefficient (Wildman–Crippen LogP) is 2.45. The van der Waals surface area contributed by atoms with Crippen LogP contribution in [0.25, 0.3) is 0 Å². The van der Waals surface area contributed by atoms with Crippen LogP contribution < -0.4 is 5.73 Å². The Balaban J connectivity index is 1.64. The van der Waals surface area contributed by atoms with Gasteiger partial charge in [0.25, 0.3) is 5.91 Å². The first kappa shape index (κ1) is 14.0. The SMILES string of the molecule is Cc1ccc(C(=O)N2CCC(c3ccnc(N)n3)CC2)s1. The average Bonchev–Trinajstić information content (AvgIpc) is 2.93. The number of nitrogens with zero attached hydrogens (tertiary/aromatic N) is 3. The van der Waals surface area contributed by atoms with Crippen LogP contribution in [-0.4, -0.2) is 33.9 Å². The Kier molecular flexibility index (Phi) is 3.88. The maximum absolute atomic E-state index is 12.4. The summed E-state index contributed by atoms with van der Waals surface area (Å²) in [5.41, 5.74) is 6.62. The number of aromatic nitrogens is 2. The lowest BCUT2D eigenvalue weighted by atomic mass is 9.93. The molecule has 0 spiro atoms. The zero-order valence-corrected chi connectivity index (χ0v) is 12.8. The van der Waals surface area contributed by atoms with Gasteiger partial charge >= 0.3 is 0 Å². The first-order valence-electron chi connectivity index (χ1n) is 7.07. The third kappa shape index (κ3) is 3.05. The van der Waals surface area contributed by atoms with Crippen molar-refractivity contribution in [1.82, 2.24) is 14.9 Å². The lowest BCUT2D eigenvalue weighted by Gasteiger charge is -2.31. The Morgan fingerprint density at radius 3 is 2.71 bits per heavy atom. The van der Waals surface area contributed by atoms with E-state index in [4.69, 9.17) is 5.73 Å². The summed E-state index contributed by atoms with van der Waals surface area (Å²) in [6, 6.07) is 5.83. The maximum Gasteiger partial charge on any atom is 0.263 e. The van der Waals surface area contributed by atoms with E-state index >= 15 is 0 Å². The third-order valence-corrected chi connectivity index (χ3v) is 4.84. The highest BCUT2D eigenvalue weighted by molar-refractivity contribution is 7.13. The molecule has 5 nitrogen and oxygen atoms in total. The Morgan fingerprint density at radius 1 is 1.33 bits per heavy atom. The van der Waals surface area contributed by atoms with Gasteiger partial charge in [-0.25, -0.2) is 9.97 Å². The summed E-state index contributed by atoms with van der Waals surface area (Å²) in [6.07, 6.45) is 3.54. The topological polar surface area (TPSA) is 72.1 Å². The largest absolute Gasteiger partial charge is 0.368 e. The molecule has 1 amide bonds. The van der Waals surface area contributed by atoms with Gasteiger partial charge < -0.3 is 10.6 Å². The van der Waals surface area contributed by atoms with Gasteiger partial charge in [-0.15, -0.1) is 11.3 Å². The fraction of sp³-hybridized carbons (Fsp3) is 0.400. The summed E-state index contributed by atoms with van der Waals surface area (Å²) in [7, 11) is 0. The summed E-state index contributed by atoms with van der Waals surface area (Å²) in [5, 5.41) is 0. The number of likely N-dealkylation sites (tertiary alicyclic amines) is 1. The minimum atomic E-state index is 0.147. The monoisotopic (exact) mass is 302 g/mol. The molecule has 3 heterocycles. The molecule has 0 unspecified atom stereocenters. The summed E-state index contributed by atoms with van der Waals surface area (Å²) in [4.78, 5) is 24.6. The number of thiophene rings is 1. The van der Waals surface area contributed by atoms with Crippen molar-refractivity contribution in [3.8, 4) is 0 Å². The first-order chi connectivity index (χ1) is 10.1. The lowest BCUT2D eigenvalue weighted by molar-refractivity contribution is 0.0717. The first-order valence-corrected chi connectivity index (χ1v) is 7.89. The van der Waals surface area contributed by atoms with Crippen LogP contribution in [0.15, 0.2) is 24.4 Å². The van der Waals surface area contributed by atoms with Gasteiger partial charge in [-0.1, -0.05) is 0 Å². The molecule has 0 atom stereocenters. The second-order valence-electron chi connectivity index (χ2n) is 5.32. The summed E-state index contributed by atoms with van der Waals surface area (Å²) in [6.45, 7) is 3.56. The van der Waals surface area contributed by atoms with Crippen LogP contribution in [0.2, 0.25) is 0 Å². The molecule has 3 rings (SSSR count). The molecule has 1 saturated heterocycles. The fourth-order valence-corrected chi connectivity index (χ4v) is 3.53. The summed E-state index contributed by atoms with van der Waals surface area (Å²) < 4.78 is 0. The predicted molar refractivity (Wildman–Crippen MR) is 83.4 cm³/mol. The van der Waals surface area contributed by atoms with Crippen LogP contribution in [0, 0.1) is 6.92 Å². The van der Waals surface area contributed by atoms with Crippen LogP contribution in [0.5, 0.6) is 0 Å². The normalized spacial score (nSPS) is 16.1. The molecule has 1 fully saturated rings. The molecule has 1 aliphatic rings. The number of piperidine rings is 1. The van der Waals surface area contributed by atoms with Gasteiger partial charge in [-0.3, -0.25) is 4.79 Å². The molecule has 0 aromatic carbocycles. The summed E-state index contributed by atoms with van der Waals surface area (Å²) in [5.74, 6) is 0.832. The lowest BCUT2D eigenvalue weighted by Crippen LogP contribution is -2.37. The highest BCUT2D eigenvalue weighted by Gasteiger charge is 2.26. The van der Waals surface area contributed by atoms with Crippen LogP contribution >= 0.6 is 11.3 Å². The van der Waals surface area contributed by atoms with Crippen molar-refractivity contribution in [2.75, 3.05) is 18.8 Å². The second kappa shape index (κ2) is 5.81. The molecule has 2 N–H and O–H groups in total. The minimum Gasteiger partial charge on any atom is -0.368 e. The number of carbonyl (C=O) groups is 1. The number of nitrogens with two attached hydrogens (primary N) is 1. The molecule has 110 valence electrons. The van der Waals surface area contributed by atoms with Crippen LogP contribution in [0.4, 0.5) is 5.95 Å². The number of hydrogen-bond acceptors (Lipinski definition) is 5. The fourth-order valence-electron chi connectivity index (χ4n) is 2.70. The van der Waals surface area contributed by atoms with Crippen LogP contribution in [0.1, 0.15) is 39.0 Å². The number of carbonyl (C=O) groups excluding carboxylic acids is 1. The molecule has 21 heavy (non-hydrogen) atoms. The zero-order chi connectivity index (χ0) is 14.8. The standard InChI is InChI=1S/C15H18N4OS/c1-10-2-3-13(21-10)14(20)19-8-5-11(6-9-19)12-4-7-17-15(16)18-12/h2-4,7,11H,5-6,8-9H2,1H3,(H2,16,17,18). The van der Waals surface area contributed by atoms with Crippen LogP contribution in [0.3, 0.4) is 0 Å². The van der Waals surface area contributed by atoms with E-state index in [1.54, 1.807) is 17.5 Å². The van der Waals surface area contributed by atoms with Gasteiger partial charge in [-0.05, 0) is 38.0 Å². The highest BCUT2D eigenvalue weighted by Crippen LogP contribution is 2.28. The Bertz CT molecular complexity index is 647. The maximum atomic E-state index is 12.4. The number of aryl methyl sites for hydroxylation is 1. The van der Waals surface area contributed by atoms with Crippen LogP contribution in [-0.2, 0) is 0 Å². The number of nitrogen functional groups attached to an aromatic ring is 1. The van der Waals surface area contributed by atoms with Crippen molar-refractivity contribution in [2.45, 2.75) is 25.7 Å². The Labute approximate surface area is 127 Å². The minimum absolute atomic E-state index is 0.147. The second-order valence-corrected chi connectivity index (χ2v) is 6.60. The van der Waals surface area contributed by atoms with Crippen molar-refractivity contribution < 1.29 is 4.79 Å². The van der Waals surface area contributed by atoms with Crippen molar-refractivity contribution in [2.24, 2.45) is 0 Å². The average molecular weight is 302 g/mol. The van der Waals surface area contributed by atoms with E-state index < -0.39 is 0 Å². The molecule has 2 aromatic rings. The summed E-state index contributed by atoms with van der Waals surface area (Å²) >= 11 is 1.56. The Hall–Kier alpha value is -1.95. The highest BCUT2D eigenvalue weighted by atomic mass is 32.1. The van der Waals surface area contributed by atoms with E-state index in [-0.39, 0.29) is 5.91 Å². The molecule has 6 heteroatoms. The van der Waals surface area contributed by atoms with Crippen molar-refractivity contribution in [1.29, 1.82) is 0 Å². The molecular weight excluding hydrogens is 284 g/mol. The van der Waals surface area contributed by atoms with Gasteiger partial charge in [0.05, 0.1) is 4.88 Å². The van der Waals surface area contributed by atoms with Crippen molar-refractivity contribution >= 4 is 23.2 Å². The van der Waals surface area contributed by atoms with Gasteiger partial charge in [-0.2, -0.15) is 0 Å². The number of rotatable bonds is 2. The third-order valence-electron chi connectivity index (χ3n) is 3.85. The zero-order valence-electron chi connectivity index (χ0n) is 12.0. The van der Waals surface area contributed by atoms with E-state index in [0.717, 1.165) is 36.5 Å². The molecule has 0 radical (unpaired) electrons. The van der Waals surface area contributed by atoms with Gasteiger partial charge in [0.2, 0.25) is 5.95 Å². The number of amides is 1. The Morgan fingerprint density at radius 2 is 2.10 bits per heavy atom. The van der Waals surface area contributed by atoms with E-state index in [2.05, 4.69) is 9.97 Å². The smallest absolute Gasteiger partial charge is 0.263 e. The molecule has 0 aliphatic carbocycles.